The molecule has 0 bridgehead atoms. The number of aryl methyl sites for hydroxylation is 2. The minimum absolute atomic E-state index is 0.102. The van der Waals surface area contributed by atoms with Crippen molar-refractivity contribution in [3.05, 3.63) is 101 Å². The lowest BCUT2D eigenvalue weighted by atomic mass is 9.76. The normalized spacial score (nSPS) is 18.0. The lowest BCUT2D eigenvalue weighted by molar-refractivity contribution is 0.326. The lowest BCUT2D eigenvalue weighted by Gasteiger charge is -2.29. The van der Waals surface area contributed by atoms with E-state index in [0.717, 1.165) is 56.1 Å². The summed E-state index contributed by atoms with van der Waals surface area (Å²) in [6.07, 6.45) is 7.16. The van der Waals surface area contributed by atoms with E-state index in [2.05, 4.69) is 13.5 Å². The number of hydrogen-bond donors (Lipinski definition) is 0. The van der Waals surface area contributed by atoms with Crippen LogP contribution in [0.25, 0.3) is 16.7 Å². The minimum Gasteiger partial charge on any atom is -0.207 e. The summed E-state index contributed by atoms with van der Waals surface area (Å²) >= 11 is 0. The van der Waals surface area contributed by atoms with Crippen LogP contribution in [0.5, 0.6) is 0 Å². The third kappa shape index (κ3) is 5.72. The number of halogens is 3. The molecule has 0 amide bonds. The summed E-state index contributed by atoms with van der Waals surface area (Å²) in [4.78, 5) is 0. The third-order valence-corrected chi connectivity index (χ3v) is 7.56. The fourth-order valence-electron chi connectivity index (χ4n) is 5.44. The third-order valence-electron chi connectivity index (χ3n) is 7.56. The van der Waals surface area contributed by atoms with Crippen LogP contribution in [0, 0.1) is 23.4 Å². The second-order valence-electron chi connectivity index (χ2n) is 9.97. The maximum Gasteiger partial charge on any atom is 0.167 e. The quantitative estimate of drug-likeness (QED) is 0.303. The Morgan fingerprint density at radius 1 is 0.829 bits per heavy atom. The van der Waals surface area contributed by atoms with E-state index in [9.17, 15) is 4.39 Å². The van der Waals surface area contributed by atoms with Gasteiger partial charge in [0.05, 0.1) is 0 Å². The largest absolute Gasteiger partial charge is 0.207 e. The molecular weight excluding hydrogens is 441 g/mol. The van der Waals surface area contributed by atoms with Crippen LogP contribution in [0.2, 0.25) is 0 Å². The highest BCUT2D eigenvalue weighted by atomic mass is 19.2. The molecule has 184 valence electrons. The molecule has 1 aliphatic carbocycles. The van der Waals surface area contributed by atoms with E-state index in [1.807, 2.05) is 43.3 Å². The Hall–Kier alpha value is -2.81. The van der Waals surface area contributed by atoms with Crippen molar-refractivity contribution >= 4 is 5.57 Å². The van der Waals surface area contributed by atoms with Gasteiger partial charge in [-0.25, -0.2) is 13.2 Å². The fourth-order valence-corrected chi connectivity index (χ4v) is 5.44. The van der Waals surface area contributed by atoms with Crippen LogP contribution in [-0.4, -0.2) is 0 Å². The second kappa shape index (κ2) is 11.3. The van der Waals surface area contributed by atoms with Crippen LogP contribution in [-0.2, 0) is 12.8 Å². The van der Waals surface area contributed by atoms with Gasteiger partial charge in [-0.1, -0.05) is 75.4 Å². The molecule has 3 aromatic carbocycles. The van der Waals surface area contributed by atoms with Crippen LogP contribution in [0.4, 0.5) is 13.2 Å². The fraction of sp³-hybridized carbons (Fsp3) is 0.375. The molecule has 0 nitrogen and oxygen atoms in total. The highest BCUT2D eigenvalue weighted by Crippen LogP contribution is 2.41. The van der Waals surface area contributed by atoms with Crippen molar-refractivity contribution in [2.75, 3.05) is 0 Å². The molecule has 0 unspecified atom stereocenters. The van der Waals surface area contributed by atoms with E-state index in [1.165, 1.54) is 5.56 Å². The van der Waals surface area contributed by atoms with Gasteiger partial charge in [0.2, 0.25) is 0 Å². The lowest BCUT2D eigenvalue weighted by Crippen LogP contribution is -2.15. The summed E-state index contributed by atoms with van der Waals surface area (Å²) < 4.78 is 44.6. The summed E-state index contributed by atoms with van der Waals surface area (Å²) in [6.45, 7) is 8.24. The topological polar surface area (TPSA) is 0 Å². The average molecular weight is 477 g/mol. The first-order valence-corrected chi connectivity index (χ1v) is 12.9. The van der Waals surface area contributed by atoms with Gasteiger partial charge < -0.3 is 0 Å². The molecule has 1 aliphatic rings. The van der Waals surface area contributed by atoms with Gasteiger partial charge in [0.1, 0.15) is 5.82 Å². The Balaban J connectivity index is 1.40. The Labute approximate surface area is 207 Å². The first-order valence-electron chi connectivity index (χ1n) is 12.9. The zero-order chi connectivity index (χ0) is 24.9. The molecule has 0 aromatic heterocycles. The highest BCUT2D eigenvalue weighted by molar-refractivity contribution is 5.71. The SMILES string of the molecule is C=C(CC1CCC(c2ccc(CC)cc2F)CC1)c1ccc(-c2ccc(CCC)cc2)c(F)c1F. The van der Waals surface area contributed by atoms with Gasteiger partial charge in [0.25, 0.3) is 0 Å². The zero-order valence-electron chi connectivity index (χ0n) is 20.8. The molecular formula is C32H35F3. The molecule has 4 rings (SSSR count). The van der Waals surface area contributed by atoms with Gasteiger partial charge in [0.15, 0.2) is 11.6 Å². The predicted octanol–water partition coefficient (Wildman–Crippen LogP) is 9.66. The first-order chi connectivity index (χ1) is 16.9. The molecule has 0 spiro atoms. The number of rotatable bonds is 8. The summed E-state index contributed by atoms with van der Waals surface area (Å²) in [5.74, 6) is -1.17. The number of hydrogen-bond acceptors (Lipinski definition) is 0. The molecule has 0 aliphatic heterocycles. The molecule has 0 heterocycles. The predicted molar refractivity (Wildman–Crippen MR) is 140 cm³/mol. The van der Waals surface area contributed by atoms with E-state index in [1.54, 1.807) is 18.2 Å². The van der Waals surface area contributed by atoms with Crippen molar-refractivity contribution in [3.63, 3.8) is 0 Å². The van der Waals surface area contributed by atoms with E-state index in [-0.39, 0.29) is 22.9 Å². The van der Waals surface area contributed by atoms with Crippen molar-refractivity contribution in [1.29, 1.82) is 0 Å². The van der Waals surface area contributed by atoms with Crippen LogP contribution in [0.15, 0.2) is 61.2 Å². The highest BCUT2D eigenvalue weighted by Gasteiger charge is 2.26. The van der Waals surface area contributed by atoms with Crippen LogP contribution in [0.1, 0.15) is 80.5 Å². The molecule has 3 heteroatoms. The van der Waals surface area contributed by atoms with Crippen molar-refractivity contribution in [1.82, 2.24) is 0 Å². The van der Waals surface area contributed by atoms with E-state index in [4.69, 9.17) is 0 Å². The molecule has 0 N–H and O–H groups in total. The maximum absolute atomic E-state index is 15.1. The molecule has 0 saturated heterocycles. The minimum atomic E-state index is -0.822. The average Bonchev–Trinajstić information content (AvgIpc) is 2.87. The van der Waals surface area contributed by atoms with Crippen LogP contribution in [0.3, 0.4) is 0 Å². The Kier molecular flexibility index (Phi) is 8.15. The van der Waals surface area contributed by atoms with Crippen LogP contribution < -0.4 is 0 Å². The smallest absolute Gasteiger partial charge is 0.167 e. The maximum atomic E-state index is 15.1. The number of allylic oxidation sites excluding steroid dienone is 1. The Morgan fingerprint density at radius 2 is 1.51 bits per heavy atom. The molecule has 0 radical (unpaired) electrons. The van der Waals surface area contributed by atoms with E-state index in [0.29, 0.717) is 23.5 Å². The summed E-state index contributed by atoms with van der Waals surface area (Å²) in [7, 11) is 0. The summed E-state index contributed by atoms with van der Waals surface area (Å²) in [5, 5.41) is 0. The van der Waals surface area contributed by atoms with Crippen molar-refractivity contribution < 1.29 is 13.2 Å². The van der Waals surface area contributed by atoms with Gasteiger partial charge in [0, 0.05) is 11.1 Å². The molecule has 1 fully saturated rings. The van der Waals surface area contributed by atoms with Gasteiger partial charge in [-0.15, -0.1) is 0 Å². The molecule has 1 saturated carbocycles. The number of benzene rings is 3. The Bertz CT molecular complexity index is 1170. The van der Waals surface area contributed by atoms with E-state index >= 15 is 8.78 Å². The van der Waals surface area contributed by atoms with Crippen molar-refractivity contribution in [2.45, 2.75) is 71.1 Å². The first kappa shape index (κ1) is 25.3. The monoisotopic (exact) mass is 476 g/mol. The molecule has 35 heavy (non-hydrogen) atoms. The van der Waals surface area contributed by atoms with Gasteiger partial charge in [-0.2, -0.15) is 0 Å². The van der Waals surface area contributed by atoms with Crippen molar-refractivity contribution in [3.8, 4) is 11.1 Å². The second-order valence-corrected chi connectivity index (χ2v) is 9.97. The summed E-state index contributed by atoms with van der Waals surface area (Å²) in [6, 6.07) is 16.6. The summed E-state index contributed by atoms with van der Waals surface area (Å²) in [5.41, 5.74) is 4.87. The van der Waals surface area contributed by atoms with Gasteiger partial charge >= 0.3 is 0 Å². The van der Waals surface area contributed by atoms with Gasteiger partial charge in [-0.3, -0.25) is 0 Å². The van der Waals surface area contributed by atoms with E-state index < -0.39 is 11.6 Å². The molecule has 3 aromatic rings. The Morgan fingerprint density at radius 3 is 2.14 bits per heavy atom. The zero-order valence-corrected chi connectivity index (χ0v) is 20.8. The molecule has 0 atom stereocenters. The van der Waals surface area contributed by atoms with Gasteiger partial charge in [-0.05, 0) is 90.7 Å². The van der Waals surface area contributed by atoms with Crippen molar-refractivity contribution in [2.24, 2.45) is 5.92 Å². The standard InChI is InChI=1S/C32H35F3/c1-4-6-23-7-12-26(13-8-23)29-18-17-27(31(34)32(29)35)21(3)19-24-9-14-25(15-10-24)28-16-11-22(5-2)20-30(28)33/h7-8,11-13,16-18,20,24-25H,3-6,9-10,14-15,19H2,1-2H3. The van der Waals surface area contributed by atoms with Crippen LogP contribution >= 0.6 is 0 Å².